The first-order valence-corrected chi connectivity index (χ1v) is 9.05. The van der Waals surface area contributed by atoms with Crippen LogP contribution in [-0.2, 0) is 13.0 Å². The molecule has 3 aromatic rings. The van der Waals surface area contributed by atoms with E-state index in [2.05, 4.69) is 25.3 Å². The number of pyridine rings is 2. The van der Waals surface area contributed by atoms with E-state index in [1.54, 1.807) is 18.6 Å². The van der Waals surface area contributed by atoms with Gasteiger partial charge in [-0.2, -0.15) is 0 Å². The molecule has 0 aromatic carbocycles. The monoisotopic (exact) mass is 374 g/mol. The van der Waals surface area contributed by atoms with Crippen molar-refractivity contribution in [2.75, 3.05) is 11.1 Å². The van der Waals surface area contributed by atoms with E-state index in [4.69, 9.17) is 5.73 Å². The van der Waals surface area contributed by atoms with E-state index in [1.807, 2.05) is 43.3 Å². The second-order valence-corrected chi connectivity index (χ2v) is 6.18. The van der Waals surface area contributed by atoms with Crippen molar-refractivity contribution in [1.29, 1.82) is 0 Å². The Balaban J connectivity index is 1.63. The second-order valence-electron chi connectivity index (χ2n) is 6.18. The highest BCUT2D eigenvalue weighted by molar-refractivity contribution is 5.95. The lowest BCUT2D eigenvalue weighted by Gasteiger charge is -2.08. The first-order valence-electron chi connectivity index (χ1n) is 9.05. The number of Topliss-reactive ketones (excluding diaryl/α,β-unsaturated/α-hetero) is 1. The number of rotatable bonds is 8. The third kappa shape index (κ3) is 5.20. The Morgan fingerprint density at radius 3 is 2.79 bits per heavy atom. The fourth-order valence-corrected chi connectivity index (χ4v) is 2.57. The Labute approximate surface area is 163 Å². The predicted molar refractivity (Wildman–Crippen MR) is 110 cm³/mol. The molecule has 7 nitrogen and oxygen atoms in total. The molecule has 0 radical (unpaired) electrons. The van der Waals surface area contributed by atoms with E-state index in [9.17, 15) is 4.79 Å². The van der Waals surface area contributed by atoms with Crippen molar-refractivity contribution in [2.45, 2.75) is 26.3 Å². The first kappa shape index (κ1) is 19.2. The van der Waals surface area contributed by atoms with Gasteiger partial charge in [0.15, 0.2) is 5.78 Å². The highest BCUT2D eigenvalue weighted by Gasteiger charge is 2.10. The molecule has 142 valence electrons. The van der Waals surface area contributed by atoms with Gasteiger partial charge in [-0.25, -0.2) is 9.97 Å². The van der Waals surface area contributed by atoms with Crippen LogP contribution in [0.1, 0.15) is 40.8 Å². The smallest absolute Gasteiger partial charge is 0.187 e. The standard InChI is InChI=1S/C21H22N6O/c1-2-3-5-16-12-27-19(14-25-16)20(28)11-15-7-9-23-17(10-15)13-26-18-6-4-8-24-21(18)22/h3-10,12,14,26H,2,11,13H2,1H3,(H2,22,24)/b5-3-. The number of aromatic nitrogens is 4. The summed E-state index contributed by atoms with van der Waals surface area (Å²) in [7, 11) is 0. The second kappa shape index (κ2) is 9.36. The molecule has 0 atom stereocenters. The fraction of sp³-hybridized carbons (Fsp3) is 0.190. The van der Waals surface area contributed by atoms with Crippen molar-refractivity contribution in [3.05, 3.63) is 77.8 Å². The number of carbonyl (C=O) groups excluding carboxylic acids is 1. The molecule has 0 fully saturated rings. The highest BCUT2D eigenvalue weighted by atomic mass is 16.1. The summed E-state index contributed by atoms with van der Waals surface area (Å²) in [6.07, 6.45) is 11.5. The predicted octanol–water partition coefficient (Wildman–Crippen LogP) is 3.31. The fourth-order valence-electron chi connectivity index (χ4n) is 2.57. The Hall–Kier alpha value is -3.61. The zero-order chi connectivity index (χ0) is 19.8. The van der Waals surface area contributed by atoms with E-state index in [-0.39, 0.29) is 12.2 Å². The number of hydrogen-bond donors (Lipinski definition) is 2. The summed E-state index contributed by atoms with van der Waals surface area (Å²) in [6, 6.07) is 7.38. The molecule has 3 rings (SSSR count). The maximum Gasteiger partial charge on any atom is 0.187 e. The molecule has 0 aliphatic rings. The average Bonchev–Trinajstić information content (AvgIpc) is 2.72. The van der Waals surface area contributed by atoms with Gasteiger partial charge >= 0.3 is 0 Å². The van der Waals surface area contributed by atoms with Crippen molar-refractivity contribution in [3.63, 3.8) is 0 Å². The van der Waals surface area contributed by atoms with Crippen molar-refractivity contribution in [1.82, 2.24) is 19.9 Å². The Morgan fingerprint density at radius 2 is 2.04 bits per heavy atom. The van der Waals surface area contributed by atoms with Crippen molar-refractivity contribution < 1.29 is 4.79 Å². The Morgan fingerprint density at radius 1 is 1.14 bits per heavy atom. The minimum atomic E-state index is -0.0832. The molecule has 7 heteroatoms. The summed E-state index contributed by atoms with van der Waals surface area (Å²) in [4.78, 5) is 29.3. The van der Waals surface area contributed by atoms with Crippen LogP contribution in [0.4, 0.5) is 11.5 Å². The van der Waals surface area contributed by atoms with Gasteiger partial charge in [-0.1, -0.05) is 13.0 Å². The molecule has 0 saturated heterocycles. The summed E-state index contributed by atoms with van der Waals surface area (Å²) in [5, 5.41) is 3.20. The molecule has 0 amide bonds. The van der Waals surface area contributed by atoms with E-state index in [1.165, 1.54) is 6.20 Å². The molecule has 0 aliphatic heterocycles. The third-order valence-corrected chi connectivity index (χ3v) is 4.03. The number of nitrogens with two attached hydrogens (primary N) is 1. The number of nitrogens with one attached hydrogen (secondary N) is 1. The summed E-state index contributed by atoms with van der Waals surface area (Å²) in [6.45, 7) is 2.53. The molecule has 0 spiro atoms. The molecule has 3 aromatic heterocycles. The van der Waals surface area contributed by atoms with Gasteiger partial charge in [0.2, 0.25) is 0 Å². The maximum atomic E-state index is 12.5. The van der Waals surface area contributed by atoms with Crippen molar-refractivity contribution in [2.24, 2.45) is 0 Å². The lowest BCUT2D eigenvalue weighted by atomic mass is 10.1. The number of nitrogens with zero attached hydrogens (tertiary/aromatic N) is 4. The first-order chi connectivity index (χ1) is 13.7. The lowest BCUT2D eigenvalue weighted by Crippen LogP contribution is -2.09. The number of hydrogen-bond acceptors (Lipinski definition) is 7. The minimum absolute atomic E-state index is 0.0832. The number of nitrogen functional groups attached to an aromatic ring is 1. The summed E-state index contributed by atoms with van der Waals surface area (Å²) >= 11 is 0. The maximum absolute atomic E-state index is 12.5. The van der Waals surface area contributed by atoms with Crippen LogP contribution < -0.4 is 11.1 Å². The normalized spacial score (nSPS) is 10.9. The molecule has 0 bridgehead atoms. The van der Waals surface area contributed by atoms with Gasteiger partial charge in [0.25, 0.3) is 0 Å². The molecule has 0 unspecified atom stereocenters. The summed E-state index contributed by atoms with van der Waals surface area (Å²) < 4.78 is 0. The minimum Gasteiger partial charge on any atom is -0.382 e. The topological polar surface area (TPSA) is 107 Å². The number of carbonyl (C=O) groups is 1. The van der Waals surface area contributed by atoms with Crippen molar-refractivity contribution in [3.8, 4) is 0 Å². The van der Waals surface area contributed by atoms with Gasteiger partial charge in [0, 0.05) is 18.8 Å². The summed E-state index contributed by atoms with van der Waals surface area (Å²) in [5.74, 6) is 0.352. The van der Waals surface area contributed by atoms with Crippen molar-refractivity contribution >= 4 is 23.4 Å². The van der Waals surface area contributed by atoms with Crippen LogP contribution in [-0.4, -0.2) is 25.7 Å². The molecule has 3 heterocycles. The van der Waals surface area contributed by atoms with Gasteiger partial charge in [0.1, 0.15) is 11.5 Å². The van der Waals surface area contributed by atoms with Crippen LogP contribution >= 0.6 is 0 Å². The zero-order valence-corrected chi connectivity index (χ0v) is 15.7. The number of allylic oxidation sites excluding steroid dienone is 1. The van der Waals surface area contributed by atoms with Crippen LogP contribution in [0.25, 0.3) is 6.08 Å². The molecule has 0 saturated carbocycles. The highest BCUT2D eigenvalue weighted by Crippen LogP contribution is 2.15. The van der Waals surface area contributed by atoms with Gasteiger partial charge in [0.05, 0.1) is 36.0 Å². The van der Waals surface area contributed by atoms with E-state index < -0.39 is 0 Å². The zero-order valence-electron chi connectivity index (χ0n) is 15.7. The lowest BCUT2D eigenvalue weighted by molar-refractivity contribution is 0.0988. The summed E-state index contributed by atoms with van der Waals surface area (Å²) in [5.41, 5.74) is 9.34. The largest absolute Gasteiger partial charge is 0.382 e. The Kier molecular flexibility index (Phi) is 6.41. The van der Waals surface area contributed by atoms with E-state index in [0.29, 0.717) is 18.1 Å². The number of ketones is 1. The van der Waals surface area contributed by atoms with E-state index in [0.717, 1.165) is 29.1 Å². The molecule has 28 heavy (non-hydrogen) atoms. The van der Waals surface area contributed by atoms with Gasteiger partial charge < -0.3 is 11.1 Å². The van der Waals surface area contributed by atoms with Gasteiger partial charge in [-0.05, 0) is 42.3 Å². The average molecular weight is 374 g/mol. The van der Waals surface area contributed by atoms with Crippen LogP contribution in [0.2, 0.25) is 0 Å². The van der Waals surface area contributed by atoms with Crippen LogP contribution in [0.15, 0.2) is 55.1 Å². The molecule has 0 aliphatic carbocycles. The molecular weight excluding hydrogens is 352 g/mol. The van der Waals surface area contributed by atoms with Crippen LogP contribution in [0.5, 0.6) is 0 Å². The molecular formula is C21H22N6O. The van der Waals surface area contributed by atoms with Gasteiger partial charge in [-0.15, -0.1) is 0 Å². The quantitative estimate of drug-likeness (QED) is 0.583. The van der Waals surface area contributed by atoms with Crippen LogP contribution in [0, 0.1) is 0 Å². The Bertz CT molecular complexity index is 969. The van der Waals surface area contributed by atoms with E-state index >= 15 is 0 Å². The molecule has 3 N–H and O–H groups in total. The number of anilines is 2. The third-order valence-electron chi connectivity index (χ3n) is 4.03. The van der Waals surface area contributed by atoms with Crippen LogP contribution in [0.3, 0.4) is 0 Å². The van der Waals surface area contributed by atoms with Gasteiger partial charge in [-0.3, -0.25) is 14.8 Å². The SMILES string of the molecule is CC/C=C\c1cnc(C(=O)Cc2ccnc(CNc3cccnc3N)c2)cn1.